The lowest BCUT2D eigenvalue weighted by Gasteiger charge is -2.11. The number of benzene rings is 1. The normalized spacial score (nSPS) is 13.3. The number of nitrogens with zero attached hydrogens (tertiary/aromatic N) is 1. The number of aliphatic hydroxyl groups is 1. The molecule has 0 radical (unpaired) electrons. The van der Waals surface area contributed by atoms with Crippen molar-refractivity contribution in [2.24, 2.45) is 7.05 Å². The van der Waals surface area contributed by atoms with Crippen LogP contribution in [0.4, 0.5) is 0 Å². The summed E-state index contributed by atoms with van der Waals surface area (Å²) in [5.74, 6) is 0.0853. The van der Waals surface area contributed by atoms with Gasteiger partial charge in [0.25, 0.3) is 0 Å². The zero-order chi connectivity index (χ0) is 11.0. The lowest BCUT2D eigenvalue weighted by atomic mass is 10.0. The Hall–Kier alpha value is -0.990. The van der Waals surface area contributed by atoms with Crippen molar-refractivity contribution in [2.75, 3.05) is 6.61 Å². The number of halogens is 1. The van der Waals surface area contributed by atoms with Crippen LogP contribution in [0.5, 0.6) is 0 Å². The highest BCUT2D eigenvalue weighted by atomic mass is 35.5. The molecule has 1 heterocycles. The van der Waals surface area contributed by atoms with E-state index in [-0.39, 0.29) is 12.5 Å². The molecular weight excluding hydrogens is 210 g/mol. The van der Waals surface area contributed by atoms with Gasteiger partial charge in [-0.15, -0.1) is 0 Å². The summed E-state index contributed by atoms with van der Waals surface area (Å²) in [6.07, 6.45) is 1.99. The minimum atomic E-state index is 0.0853. The van der Waals surface area contributed by atoms with Crippen molar-refractivity contribution < 1.29 is 5.11 Å². The molecule has 1 aromatic carbocycles. The number of aromatic nitrogens is 1. The zero-order valence-corrected chi connectivity index (χ0v) is 9.62. The lowest BCUT2D eigenvalue weighted by Crippen LogP contribution is -1.99. The molecule has 0 saturated heterocycles. The first-order valence-corrected chi connectivity index (χ1v) is 5.37. The van der Waals surface area contributed by atoms with E-state index in [1.807, 2.05) is 42.9 Å². The van der Waals surface area contributed by atoms with Crippen LogP contribution in [0.1, 0.15) is 18.4 Å². The van der Waals surface area contributed by atoms with E-state index in [0.29, 0.717) is 0 Å². The molecule has 1 atom stereocenters. The molecule has 1 unspecified atom stereocenters. The summed E-state index contributed by atoms with van der Waals surface area (Å²) in [4.78, 5) is 0. The second-order valence-electron chi connectivity index (χ2n) is 3.91. The summed E-state index contributed by atoms with van der Waals surface area (Å²) in [6, 6.07) is 6.04. The van der Waals surface area contributed by atoms with E-state index < -0.39 is 0 Å². The predicted octanol–water partition coefficient (Wildman–Crippen LogP) is 2.93. The molecule has 2 rings (SSSR count). The Bertz CT molecular complexity index is 490. The molecule has 0 spiro atoms. The average molecular weight is 224 g/mol. The van der Waals surface area contributed by atoms with Crippen LogP contribution in [0.25, 0.3) is 10.9 Å². The summed E-state index contributed by atoms with van der Waals surface area (Å²) < 4.78 is 2.04. The van der Waals surface area contributed by atoms with Gasteiger partial charge in [0.15, 0.2) is 0 Å². The standard InChI is InChI=1S/C12H14ClNO/c1-8(7-15)9-3-4-11-10(12(9)13)5-6-14(11)2/h3-6,8,15H,7H2,1-2H3. The fourth-order valence-corrected chi connectivity index (χ4v) is 2.22. The third-order valence-electron chi connectivity index (χ3n) is 2.84. The first-order valence-electron chi connectivity index (χ1n) is 4.99. The van der Waals surface area contributed by atoms with Gasteiger partial charge in [0, 0.05) is 36.7 Å². The smallest absolute Gasteiger partial charge is 0.0535 e. The highest BCUT2D eigenvalue weighted by Gasteiger charge is 2.12. The zero-order valence-electron chi connectivity index (χ0n) is 8.87. The van der Waals surface area contributed by atoms with Crippen LogP contribution in [0.2, 0.25) is 5.02 Å². The van der Waals surface area contributed by atoms with E-state index in [1.165, 1.54) is 0 Å². The van der Waals surface area contributed by atoms with Crippen molar-refractivity contribution >= 4 is 22.5 Å². The molecule has 0 aliphatic rings. The van der Waals surface area contributed by atoms with Gasteiger partial charge >= 0.3 is 0 Å². The highest BCUT2D eigenvalue weighted by Crippen LogP contribution is 2.31. The Balaban J connectivity index is 2.65. The van der Waals surface area contributed by atoms with E-state index in [0.717, 1.165) is 21.5 Å². The van der Waals surface area contributed by atoms with Crippen LogP contribution >= 0.6 is 11.6 Å². The Morgan fingerprint density at radius 2 is 2.13 bits per heavy atom. The quantitative estimate of drug-likeness (QED) is 0.832. The molecule has 15 heavy (non-hydrogen) atoms. The Kier molecular flexibility index (Phi) is 2.72. The van der Waals surface area contributed by atoms with Crippen LogP contribution in [0.15, 0.2) is 24.4 Å². The summed E-state index contributed by atoms with van der Waals surface area (Å²) >= 11 is 6.30. The Morgan fingerprint density at radius 3 is 2.80 bits per heavy atom. The van der Waals surface area contributed by atoms with E-state index >= 15 is 0 Å². The van der Waals surface area contributed by atoms with Gasteiger partial charge in [0.05, 0.1) is 5.02 Å². The van der Waals surface area contributed by atoms with Crippen molar-refractivity contribution in [1.29, 1.82) is 0 Å². The average Bonchev–Trinajstić information content (AvgIpc) is 2.61. The van der Waals surface area contributed by atoms with E-state index in [1.54, 1.807) is 0 Å². The largest absolute Gasteiger partial charge is 0.396 e. The molecule has 1 aromatic heterocycles. The summed E-state index contributed by atoms with van der Waals surface area (Å²) in [7, 11) is 1.99. The number of aliphatic hydroxyl groups excluding tert-OH is 1. The van der Waals surface area contributed by atoms with Crippen molar-refractivity contribution in [3.8, 4) is 0 Å². The fourth-order valence-electron chi connectivity index (χ4n) is 1.81. The summed E-state index contributed by atoms with van der Waals surface area (Å²) in [5, 5.41) is 10.9. The third-order valence-corrected chi connectivity index (χ3v) is 3.26. The van der Waals surface area contributed by atoms with Gasteiger partial charge in [-0.25, -0.2) is 0 Å². The monoisotopic (exact) mass is 223 g/mol. The van der Waals surface area contributed by atoms with Crippen molar-refractivity contribution in [3.63, 3.8) is 0 Å². The van der Waals surface area contributed by atoms with Gasteiger partial charge < -0.3 is 9.67 Å². The van der Waals surface area contributed by atoms with E-state index in [2.05, 4.69) is 0 Å². The number of rotatable bonds is 2. The maximum absolute atomic E-state index is 9.13. The van der Waals surface area contributed by atoms with Crippen LogP contribution in [-0.2, 0) is 7.05 Å². The number of fused-ring (bicyclic) bond motifs is 1. The topological polar surface area (TPSA) is 25.2 Å². The molecule has 0 fully saturated rings. The predicted molar refractivity (Wildman–Crippen MR) is 63.4 cm³/mol. The first kappa shape index (κ1) is 10.5. The van der Waals surface area contributed by atoms with Gasteiger partial charge in [-0.1, -0.05) is 24.6 Å². The second-order valence-corrected chi connectivity index (χ2v) is 4.29. The number of aryl methyl sites for hydroxylation is 1. The maximum Gasteiger partial charge on any atom is 0.0535 e. The van der Waals surface area contributed by atoms with E-state index in [4.69, 9.17) is 16.7 Å². The van der Waals surface area contributed by atoms with Crippen LogP contribution in [-0.4, -0.2) is 16.3 Å². The van der Waals surface area contributed by atoms with Crippen LogP contribution in [0, 0.1) is 0 Å². The highest BCUT2D eigenvalue weighted by molar-refractivity contribution is 6.36. The molecule has 0 amide bonds. The van der Waals surface area contributed by atoms with Gasteiger partial charge in [0.2, 0.25) is 0 Å². The molecule has 0 bridgehead atoms. The fraction of sp³-hybridized carbons (Fsp3) is 0.333. The molecule has 1 N–H and O–H groups in total. The molecule has 2 aromatic rings. The summed E-state index contributed by atoms with van der Waals surface area (Å²) in [5.41, 5.74) is 2.13. The third kappa shape index (κ3) is 1.64. The minimum absolute atomic E-state index is 0.0853. The SMILES string of the molecule is CC(CO)c1ccc2c(ccn2C)c1Cl. The second kappa shape index (κ2) is 3.87. The van der Waals surface area contributed by atoms with Gasteiger partial charge in [-0.3, -0.25) is 0 Å². The molecule has 80 valence electrons. The van der Waals surface area contributed by atoms with E-state index in [9.17, 15) is 0 Å². The van der Waals surface area contributed by atoms with Crippen LogP contribution < -0.4 is 0 Å². The van der Waals surface area contributed by atoms with Crippen molar-refractivity contribution in [3.05, 3.63) is 35.0 Å². The minimum Gasteiger partial charge on any atom is -0.396 e. The molecule has 0 aliphatic carbocycles. The van der Waals surface area contributed by atoms with Gasteiger partial charge in [-0.05, 0) is 17.7 Å². The molecular formula is C12H14ClNO. The lowest BCUT2D eigenvalue weighted by molar-refractivity contribution is 0.273. The summed E-state index contributed by atoms with van der Waals surface area (Å²) in [6.45, 7) is 2.09. The first-order chi connectivity index (χ1) is 7.15. The van der Waals surface area contributed by atoms with Crippen molar-refractivity contribution in [1.82, 2.24) is 4.57 Å². The number of hydrogen-bond donors (Lipinski definition) is 1. The van der Waals surface area contributed by atoms with Gasteiger partial charge in [0.1, 0.15) is 0 Å². The molecule has 0 aliphatic heterocycles. The number of hydrogen-bond acceptors (Lipinski definition) is 1. The Labute approximate surface area is 94.1 Å². The molecule has 0 saturated carbocycles. The Morgan fingerprint density at radius 1 is 1.40 bits per heavy atom. The van der Waals surface area contributed by atoms with Crippen molar-refractivity contribution in [2.45, 2.75) is 12.8 Å². The molecule has 3 heteroatoms. The molecule has 2 nitrogen and oxygen atoms in total. The van der Waals surface area contributed by atoms with Gasteiger partial charge in [-0.2, -0.15) is 0 Å². The maximum atomic E-state index is 9.13. The van der Waals surface area contributed by atoms with Crippen LogP contribution in [0.3, 0.4) is 0 Å².